The van der Waals surface area contributed by atoms with Crippen LogP contribution in [-0.4, -0.2) is 29.8 Å². The predicted molar refractivity (Wildman–Crippen MR) is 69.7 cm³/mol. The molecule has 2 rings (SSSR count). The van der Waals surface area contributed by atoms with E-state index in [1.807, 2.05) is 4.90 Å². The molecular weight excluding hydrogens is 228 g/mol. The number of hydrogen-bond donors (Lipinski definition) is 1. The minimum absolute atomic E-state index is 0.0248. The second-order valence-corrected chi connectivity index (χ2v) is 5.69. The van der Waals surface area contributed by atoms with Crippen molar-refractivity contribution in [3.8, 4) is 0 Å². The Kier molecular flexibility index (Phi) is 4.61. The summed E-state index contributed by atoms with van der Waals surface area (Å²) in [5, 5.41) is 0. The van der Waals surface area contributed by atoms with Gasteiger partial charge in [0.2, 0.25) is 11.8 Å². The third-order valence-corrected chi connectivity index (χ3v) is 4.41. The molecule has 4 heteroatoms. The quantitative estimate of drug-likeness (QED) is 0.760. The number of amides is 2. The van der Waals surface area contributed by atoms with Crippen molar-refractivity contribution < 1.29 is 9.59 Å². The van der Waals surface area contributed by atoms with Crippen LogP contribution in [0.2, 0.25) is 0 Å². The van der Waals surface area contributed by atoms with Gasteiger partial charge in [0, 0.05) is 24.9 Å². The molecule has 2 N–H and O–H groups in total. The fourth-order valence-corrected chi connectivity index (χ4v) is 3.17. The van der Waals surface area contributed by atoms with E-state index in [0.29, 0.717) is 19.0 Å². The lowest BCUT2D eigenvalue weighted by molar-refractivity contribution is -0.139. The molecule has 1 saturated heterocycles. The van der Waals surface area contributed by atoms with Gasteiger partial charge in [0.15, 0.2) is 0 Å². The van der Waals surface area contributed by atoms with E-state index in [-0.39, 0.29) is 17.7 Å². The number of primary amides is 1. The highest BCUT2D eigenvalue weighted by Crippen LogP contribution is 2.26. The van der Waals surface area contributed by atoms with Crippen LogP contribution in [0.5, 0.6) is 0 Å². The van der Waals surface area contributed by atoms with Crippen LogP contribution in [0.15, 0.2) is 0 Å². The van der Waals surface area contributed by atoms with Crippen molar-refractivity contribution in [2.45, 2.75) is 51.4 Å². The maximum Gasteiger partial charge on any atom is 0.225 e. The van der Waals surface area contributed by atoms with Gasteiger partial charge in [0.05, 0.1) is 0 Å². The highest BCUT2D eigenvalue weighted by molar-refractivity contribution is 5.80. The number of likely N-dealkylation sites (tertiary alicyclic amines) is 1. The zero-order valence-electron chi connectivity index (χ0n) is 11.1. The molecule has 0 atom stereocenters. The summed E-state index contributed by atoms with van der Waals surface area (Å²) in [6.07, 6.45) is 8.51. The first-order chi connectivity index (χ1) is 8.68. The van der Waals surface area contributed by atoms with E-state index in [0.717, 1.165) is 25.7 Å². The van der Waals surface area contributed by atoms with E-state index in [1.54, 1.807) is 0 Å². The maximum atomic E-state index is 12.4. The molecule has 0 unspecified atom stereocenters. The van der Waals surface area contributed by atoms with Gasteiger partial charge in [-0.05, 0) is 25.7 Å². The van der Waals surface area contributed by atoms with Crippen molar-refractivity contribution in [1.29, 1.82) is 0 Å². The molecule has 4 nitrogen and oxygen atoms in total. The van der Waals surface area contributed by atoms with Crippen LogP contribution in [0.3, 0.4) is 0 Å². The minimum Gasteiger partial charge on any atom is -0.369 e. The largest absolute Gasteiger partial charge is 0.369 e. The van der Waals surface area contributed by atoms with E-state index >= 15 is 0 Å². The maximum absolute atomic E-state index is 12.4. The monoisotopic (exact) mass is 252 g/mol. The van der Waals surface area contributed by atoms with Gasteiger partial charge in [-0.25, -0.2) is 0 Å². The van der Waals surface area contributed by atoms with E-state index in [9.17, 15) is 9.59 Å². The molecule has 1 saturated carbocycles. The number of nitrogens with two attached hydrogens (primary N) is 1. The zero-order chi connectivity index (χ0) is 13.0. The Morgan fingerprint density at radius 2 is 1.39 bits per heavy atom. The summed E-state index contributed by atoms with van der Waals surface area (Å²) in [7, 11) is 0. The molecule has 0 radical (unpaired) electrons. The molecule has 102 valence electrons. The third kappa shape index (κ3) is 3.24. The topological polar surface area (TPSA) is 63.4 Å². The van der Waals surface area contributed by atoms with E-state index in [1.165, 1.54) is 25.7 Å². The Bertz CT molecular complexity index is 301. The van der Waals surface area contributed by atoms with Crippen LogP contribution in [0, 0.1) is 11.8 Å². The van der Waals surface area contributed by atoms with Gasteiger partial charge in [-0.15, -0.1) is 0 Å². The van der Waals surface area contributed by atoms with Gasteiger partial charge in [-0.3, -0.25) is 9.59 Å². The molecule has 0 aromatic carbocycles. The van der Waals surface area contributed by atoms with Crippen molar-refractivity contribution in [3.63, 3.8) is 0 Å². The molecule has 0 spiro atoms. The second kappa shape index (κ2) is 6.21. The van der Waals surface area contributed by atoms with Gasteiger partial charge in [-0.2, -0.15) is 0 Å². The highest BCUT2D eigenvalue weighted by Gasteiger charge is 2.29. The Hall–Kier alpha value is -1.06. The van der Waals surface area contributed by atoms with Crippen molar-refractivity contribution in [2.24, 2.45) is 17.6 Å². The standard InChI is InChI=1S/C14H24N2O2/c15-13(17)11-7-9-16(10-8-11)14(18)12-5-3-1-2-4-6-12/h11-12H,1-10H2,(H2,15,17). The van der Waals surface area contributed by atoms with E-state index < -0.39 is 0 Å². The SMILES string of the molecule is NC(=O)C1CCN(C(=O)C2CCCCCC2)CC1. The summed E-state index contributed by atoms with van der Waals surface area (Å²) in [5.74, 6) is 0.317. The van der Waals surface area contributed by atoms with Crippen molar-refractivity contribution in [1.82, 2.24) is 4.90 Å². The smallest absolute Gasteiger partial charge is 0.225 e. The van der Waals surface area contributed by atoms with Crippen LogP contribution in [-0.2, 0) is 9.59 Å². The van der Waals surface area contributed by atoms with Crippen LogP contribution in [0.1, 0.15) is 51.4 Å². The molecule has 0 bridgehead atoms. The van der Waals surface area contributed by atoms with Crippen molar-refractivity contribution in [3.05, 3.63) is 0 Å². The van der Waals surface area contributed by atoms with Gasteiger partial charge in [-0.1, -0.05) is 25.7 Å². The average molecular weight is 252 g/mol. The summed E-state index contributed by atoms with van der Waals surface area (Å²) in [5.41, 5.74) is 5.31. The van der Waals surface area contributed by atoms with E-state index in [4.69, 9.17) is 5.73 Å². The normalized spacial score (nSPS) is 23.7. The van der Waals surface area contributed by atoms with Crippen molar-refractivity contribution >= 4 is 11.8 Å². The lowest BCUT2D eigenvalue weighted by Gasteiger charge is -2.33. The van der Waals surface area contributed by atoms with Crippen LogP contribution in [0.4, 0.5) is 0 Å². The van der Waals surface area contributed by atoms with Gasteiger partial charge in [0.1, 0.15) is 0 Å². The number of carbonyl (C=O) groups excluding carboxylic acids is 2. The number of hydrogen-bond acceptors (Lipinski definition) is 2. The molecule has 2 fully saturated rings. The number of carbonyl (C=O) groups is 2. The number of piperidine rings is 1. The highest BCUT2D eigenvalue weighted by atomic mass is 16.2. The molecule has 2 aliphatic rings. The van der Waals surface area contributed by atoms with Gasteiger partial charge in [0.25, 0.3) is 0 Å². The Morgan fingerprint density at radius 3 is 1.89 bits per heavy atom. The Morgan fingerprint density at radius 1 is 0.833 bits per heavy atom. The third-order valence-electron chi connectivity index (χ3n) is 4.41. The first-order valence-corrected chi connectivity index (χ1v) is 7.26. The molecule has 2 amide bonds. The molecule has 0 aromatic rings. The fourth-order valence-electron chi connectivity index (χ4n) is 3.17. The molecule has 0 aromatic heterocycles. The Labute approximate surface area is 109 Å². The summed E-state index contributed by atoms with van der Waals surface area (Å²) in [4.78, 5) is 25.4. The first-order valence-electron chi connectivity index (χ1n) is 7.26. The molecule has 1 aliphatic carbocycles. The zero-order valence-corrected chi connectivity index (χ0v) is 11.1. The van der Waals surface area contributed by atoms with E-state index in [2.05, 4.69) is 0 Å². The van der Waals surface area contributed by atoms with Crippen LogP contribution in [0.25, 0.3) is 0 Å². The van der Waals surface area contributed by atoms with Crippen LogP contribution < -0.4 is 5.73 Å². The number of rotatable bonds is 2. The first kappa shape index (κ1) is 13.4. The van der Waals surface area contributed by atoms with Crippen LogP contribution >= 0.6 is 0 Å². The summed E-state index contributed by atoms with van der Waals surface area (Å²) >= 11 is 0. The molecule has 18 heavy (non-hydrogen) atoms. The molecule has 1 heterocycles. The number of nitrogens with zero attached hydrogens (tertiary/aromatic N) is 1. The summed E-state index contributed by atoms with van der Waals surface area (Å²) < 4.78 is 0. The predicted octanol–water partition coefficient (Wildman–Crippen LogP) is 1.68. The Balaban J connectivity index is 1.84. The fraction of sp³-hybridized carbons (Fsp3) is 0.857. The molecule has 1 aliphatic heterocycles. The summed E-state index contributed by atoms with van der Waals surface area (Å²) in [6.45, 7) is 1.42. The summed E-state index contributed by atoms with van der Waals surface area (Å²) in [6, 6.07) is 0. The lowest BCUT2D eigenvalue weighted by Crippen LogP contribution is -2.44. The lowest BCUT2D eigenvalue weighted by atomic mass is 9.93. The minimum atomic E-state index is -0.212. The molecular formula is C14H24N2O2. The van der Waals surface area contributed by atoms with Gasteiger partial charge < -0.3 is 10.6 Å². The second-order valence-electron chi connectivity index (χ2n) is 5.69. The van der Waals surface area contributed by atoms with Gasteiger partial charge >= 0.3 is 0 Å². The average Bonchev–Trinajstić information content (AvgIpc) is 2.67. The van der Waals surface area contributed by atoms with Crippen molar-refractivity contribution in [2.75, 3.05) is 13.1 Å².